The molecule has 0 bridgehead atoms. The van der Waals surface area contributed by atoms with Crippen LogP contribution in [0.25, 0.3) is 6.08 Å². The Bertz CT molecular complexity index is 1620. The molecule has 216 valence electrons. The number of benzene rings is 4. The number of hydrogen-bond donors (Lipinski definition) is 2. The lowest BCUT2D eigenvalue weighted by molar-refractivity contribution is -0.114. The maximum absolute atomic E-state index is 13.7. The fraction of sp³-hybridized carbons (Fsp3) is 0.176. The van der Waals surface area contributed by atoms with Crippen molar-refractivity contribution in [2.75, 3.05) is 0 Å². The first-order valence-electron chi connectivity index (χ1n) is 13.7. The summed E-state index contributed by atoms with van der Waals surface area (Å²) in [6.07, 6.45) is 3.28. The molecular weight excluding hydrogens is 548 g/mol. The summed E-state index contributed by atoms with van der Waals surface area (Å²) in [4.78, 5) is 26.3. The maximum atomic E-state index is 13.7. The van der Waals surface area contributed by atoms with Crippen LogP contribution in [0.1, 0.15) is 53.4 Å². The predicted molar refractivity (Wildman–Crippen MR) is 164 cm³/mol. The Morgan fingerprint density at radius 2 is 1.45 bits per heavy atom. The van der Waals surface area contributed by atoms with Crippen LogP contribution in [-0.2, 0) is 21.4 Å². The normalized spacial score (nSPS) is 12.2. The van der Waals surface area contributed by atoms with Crippen LogP contribution in [0.3, 0.4) is 0 Å². The van der Waals surface area contributed by atoms with Crippen molar-refractivity contribution in [1.82, 2.24) is 10.0 Å². The molecule has 4 rings (SSSR count). The van der Waals surface area contributed by atoms with Gasteiger partial charge in [-0.1, -0.05) is 92.7 Å². The first-order chi connectivity index (χ1) is 20.2. The number of nitrogens with one attached hydrogen (secondary N) is 2. The number of sulfonamides is 1. The van der Waals surface area contributed by atoms with E-state index in [0.717, 1.165) is 23.6 Å². The molecule has 2 N–H and O–H groups in total. The maximum Gasteiger partial charge on any atom is 0.264 e. The Morgan fingerprint density at radius 3 is 2.10 bits per heavy atom. The summed E-state index contributed by atoms with van der Waals surface area (Å²) in [5.41, 5.74) is 2.55. The Balaban J connectivity index is 1.60. The number of hydrogen-bond acceptors (Lipinski definition) is 5. The highest BCUT2D eigenvalue weighted by Gasteiger charge is 2.20. The van der Waals surface area contributed by atoms with Crippen molar-refractivity contribution >= 4 is 27.9 Å². The Kier molecular flexibility index (Phi) is 10.3. The number of amides is 2. The van der Waals surface area contributed by atoms with Crippen molar-refractivity contribution < 1.29 is 22.7 Å². The van der Waals surface area contributed by atoms with E-state index < -0.39 is 15.9 Å². The standard InChI is InChI=1S/C34H34N2O5S/c1-25(2)22-32(28-12-6-3-7-13-28)35-34(38)31-23-26(24-41-29-14-8-4-9-15-29)18-19-27(31)20-21-33(37)36-42(39,40)30-16-10-5-11-17-30/h3-21,23,25,32H,22,24H2,1-2H3,(H,35,38)(H,36,37)/b21-20+. The van der Waals surface area contributed by atoms with Crippen molar-refractivity contribution in [1.29, 1.82) is 0 Å². The van der Waals surface area contributed by atoms with Crippen LogP contribution in [0.5, 0.6) is 5.75 Å². The molecule has 4 aromatic rings. The van der Waals surface area contributed by atoms with Crippen LogP contribution >= 0.6 is 0 Å². The van der Waals surface area contributed by atoms with E-state index in [4.69, 9.17) is 4.74 Å². The highest BCUT2D eigenvalue weighted by Crippen LogP contribution is 2.23. The molecular formula is C34H34N2O5S. The summed E-state index contributed by atoms with van der Waals surface area (Å²) in [6, 6.07) is 31.8. The number of ether oxygens (including phenoxy) is 1. The van der Waals surface area contributed by atoms with Gasteiger partial charge in [-0.3, -0.25) is 9.59 Å². The number of carbonyl (C=O) groups excluding carboxylic acids is 2. The van der Waals surface area contributed by atoms with Crippen LogP contribution in [0.15, 0.2) is 120 Å². The second kappa shape index (κ2) is 14.3. The monoisotopic (exact) mass is 582 g/mol. The minimum absolute atomic E-state index is 0.0216. The minimum atomic E-state index is -4.04. The fourth-order valence-corrected chi connectivity index (χ4v) is 5.35. The average molecular weight is 583 g/mol. The second-order valence-corrected chi connectivity index (χ2v) is 11.9. The SMILES string of the molecule is CC(C)CC(NC(=O)c1cc(COc2ccccc2)ccc1/C=C/C(=O)NS(=O)(=O)c1ccccc1)c1ccccc1. The summed E-state index contributed by atoms with van der Waals surface area (Å²) in [6.45, 7) is 4.43. The first-order valence-corrected chi connectivity index (χ1v) is 15.2. The smallest absolute Gasteiger partial charge is 0.264 e. The van der Waals surface area contributed by atoms with Gasteiger partial charge in [-0.05, 0) is 65.4 Å². The average Bonchev–Trinajstić information content (AvgIpc) is 3.00. The van der Waals surface area contributed by atoms with Crippen LogP contribution < -0.4 is 14.8 Å². The fourth-order valence-electron chi connectivity index (χ4n) is 4.38. The predicted octanol–water partition coefficient (Wildman–Crippen LogP) is 6.30. The van der Waals surface area contributed by atoms with Crippen LogP contribution in [-0.4, -0.2) is 20.2 Å². The molecule has 0 radical (unpaired) electrons. The second-order valence-electron chi connectivity index (χ2n) is 10.2. The van der Waals surface area contributed by atoms with Gasteiger partial charge in [0.25, 0.3) is 21.8 Å². The van der Waals surface area contributed by atoms with Crippen molar-refractivity contribution in [2.24, 2.45) is 5.92 Å². The molecule has 42 heavy (non-hydrogen) atoms. The summed E-state index contributed by atoms with van der Waals surface area (Å²) in [5.74, 6) is -0.118. The molecule has 1 atom stereocenters. The van der Waals surface area contributed by atoms with Gasteiger partial charge in [0.1, 0.15) is 12.4 Å². The van der Waals surface area contributed by atoms with E-state index in [9.17, 15) is 18.0 Å². The van der Waals surface area contributed by atoms with Crippen molar-refractivity contribution in [2.45, 2.75) is 37.8 Å². The molecule has 0 aromatic heterocycles. The van der Waals surface area contributed by atoms with E-state index in [1.54, 1.807) is 36.4 Å². The third kappa shape index (κ3) is 8.65. The van der Waals surface area contributed by atoms with Crippen molar-refractivity contribution in [3.05, 3.63) is 138 Å². The van der Waals surface area contributed by atoms with Gasteiger partial charge in [0, 0.05) is 11.6 Å². The van der Waals surface area contributed by atoms with Crippen LogP contribution in [0, 0.1) is 5.92 Å². The quantitative estimate of drug-likeness (QED) is 0.191. The zero-order valence-corrected chi connectivity index (χ0v) is 24.4. The highest BCUT2D eigenvalue weighted by atomic mass is 32.2. The van der Waals surface area contributed by atoms with Crippen LogP contribution in [0.4, 0.5) is 0 Å². The molecule has 0 aliphatic rings. The van der Waals surface area contributed by atoms with E-state index >= 15 is 0 Å². The minimum Gasteiger partial charge on any atom is -0.489 e. The van der Waals surface area contributed by atoms with E-state index in [1.165, 1.54) is 18.2 Å². The van der Waals surface area contributed by atoms with Gasteiger partial charge < -0.3 is 10.1 Å². The van der Waals surface area contributed by atoms with Crippen LogP contribution in [0.2, 0.25) is 0 Å². The van der Waals surface area contributed by atoms with Crippen molar-refractivity contribution in [3.8, 4) is 5.75 Å². The first kappa shape index (κ1) is 30.3. The van der Waals surface area contributed by atoms with E-state index in [0.29, 0.717) is 22.8 Å². The molecule has 0 spiro atoms. The van der Waals surface area contributed by atoms with Gasteiger partial charge in [0.15, 0.2) is 0 Å². The molecule has 0 saturated carbocycles. The Hall–Kier alpha value is -4.69. The zero-order valence-electron chi connectivity index (χ0n) is 23.6. The third-order valence-electron chi connectivity index (χ3n) is 6.43. The lowest BCUT2D eigenvalue weighted by atomic mass is 9.96. The largest absolute Gasteiger partial charge is 0.489 e. The van der Waals surface area contributed by atoms with E-state index in [2.05, 4.69) is 19.2 Å². The van der Waals surface area contributed by atoms with Gasteiger partial charge in [0.2, 0.25) is 0 Å². The topological polar surface area (TPSA) is 102 Å². The number of carbonyl (C=O) groups is 2. The van der Waals surface area contributed by atoms with E-state index in [1.807, 2.05) is 65.4 Å². The summed E-state index contributed by atoms with van der Waals surface area (Å²) >= 11 is 0. The Morgan fingerprint density at radius 1 is 0.833 bits per heavy atom. The lowest BCUT2D eigenvalue weighted by Crippen LogP contribution is -2.30. The molecule has 0 fully saturated rings. The summed E-state index contributed by atoms with van der Waals surface area (Å²) < 4.78 is 33.1. The number of rotatable bonds is 12. The molecule has 8 heteroatoms. The molecule has 0 saturated heterocycles. The molecule has 4 aromatic carbocycles. The molecule has 1 unspecified atom stereocenters. The van der Waals surface area contributed by atoms with Gasteiger partial charge >= 0.3 is 0 Å². The molecule has 0 aliphatic carbocycles. The lowest BCUT2D eigenvalue weighted by Gasteiger charge is -2.22. The van der Waals surface area contributed by atoms with Gasteiger partial charge in [-0.25, -0.2) is 13.1 Å². The molecule has 2 amide bonds. The van der Waals surface area contributed by atoms with E-state index in [-0.39, 0.29) is 23.5 Å². The Labute approximate surface area is 247 Å². The van der Waals surface area contributed by atoms with Gasteiger partial charge in [0.05, 0.1) is 10.9 Å². The molecule has 0 heterocycles. The zero-order chi connectivity index (χ0) is 30.0. The highest BCUT2D eigenvalue weighted by molar-refractivity contribution is 7.90. The number of para-hydroxylation sites is 1. The van der Waals surface area contributed by atoms with Gasteiger partial charge in [-0.2, -0.15) is 0 Å². The summed E-state index contributed by atoms with van der Waals surface area (Å²) in [7, 11) is -4.04. The summed E-state index contributed by atoms with van der Waals surface area (Å²) in [5, 5.41) is 3.16. The van der Waals surface area contributed by atoms with Crippen molar-refractivity contribution in [3.63, 3.8) is 0 Å². The molecule has 7 nitrogen and oxygen atoms in total. The van der Waals surface area contributed by atoms with Gasteiger partial charge in [-0.15, -0.1) is 0 Å². The third-order valence-corrected chi connectivity index (χ3v) is 7.79. The molecule has 0 aliphatic heterocycles.